The molecule has 152 valence electrons. The molecule has 0 aliphatic carbocycles. The van der Waals surface area contributed by atoms with Gasteiger partial charge in [-0.1, -0.05) is 5.16 Å². The van der Waals surface area contributed by atoms with Crippen LogP contribution in [0.25, 0.3) is 11.4 Å². The van der Waals surface area contributed by atoms with Gasteiger partial charge in [0.25, 0.3) is 5.91 Å². The summed E-state index contributed by atoms with van der Waals surface area (Å²) >= 11 is 0. The van der Waals surface area contributed by atoms with Crippen LogP contribution in [0, 0.1) is 0 Å². The maximum Gasteiger partial charge on any atom is 0.289 e. The van der Waals surface area contributed by atoms with Crippen LogP contribution in [0.4, 0.5) is 0 Å². The third kappa shape index (κ3) is 3.64. The van der Waals surface area contributed by atoms with Gasteiger partial charge in [-0.3, -0.25) is 4.79 Å². The van der Waals surface area contributed by atoms with Crippen LogP contribution in [-0.4, -0.2) is 34.3 Å². The lowest BCUT2D eigenvalue weighted by Gasteiger charge is -2.19. The maximum absolute atomic E-state index is 12.8. The van der Waals surface area contributed by atoms with Crippen LogP contribution in [0.1, 0.15) is 22.2 Å². The number of carbonyl (C=O) groups is 1. The van der Waals surface area contributed by atoms with Crippen molar-refractivity contribution in [2.45, 2.75) is 13.0 Å². The Morgan fingerprint density at radius 2 is 1.90 bits per heavy atom. The monoisotopic (exact) mass is 407 g/mol. The van der Waals surface area contributed by atoms with E-state index in [1.807, 2.05) is 12.1 Å². The van der Waals surface area contributed by atoms with E-state index in [-0.39, 0.29) is 18.5 Å². The van der Waals surface area contributed by atoms with Crippen LogP contribution in [-0.2, 0) is 13.0 Å². The summed E-state index contributed by atoms with van der Waals surface area (Å²) in [6.07, 6.45) is 3.42. The summed E-state index contributed by atoms with van der Waals surface area (Å²) in [7, 11) is 0. The lowest BCUT2D eigenvalue weighted by atomic mass is 10.2. The molecular formula is C21H17N3O6. The third-order valence-corrected chi connectivity index (χ3v) is 4.64. The fourth-order valence-corrected chi connectivity index (χ4v) is 3.14. The molecule has 1 amide bonds. The van der Waals surface area contributed by atoms with E-state index in [1.54, 1.807) is 41.5 Å². The average molecular weight is 407 g/mol. The highest BCUT2D eigenvalue weighted by molar-refractivity contribution is 5.91. The molecule has 5 rings (SSSR count). The SMILES string of the molecule is O=C(c1ccco1)N(CCc1nc(-c2ccc3c(c2)OCO3)no1)Cc1ccco1. The maximum atomic E-state index is 12.8. The van der Waals surface area contributed by atoms with Crippen molar-refractivity contribution >= 4 is 5.91 Å². The highest BCUT2D eigenvalue weighted by Gasteiger charge is 2.21. The molecular weight excluding hydrogens is 390 g/mol. The van der Waals surface area contributed by atoms with Gasteiger partial charge in [0.15, 0.2) is 17.3 Å². The van der Waals surface area contributed by atoms with Crippen molar-refractivity contribution in [3.05, 3.63) is 72.4 Å². The van der Waals surface area contributed by atoms with E-state index in [2.05, 4.69) is 10.1 Å². The highest BCUT2D eigenvalue weighted by Crippen LogP contribution is 2.35. The molecule has 1 aliphatic heterocycles. The van der Waals surface area contributed by atoms with Gasteiger partial charge in [0, 0.05) is 18.5 Å². The molecule has 9 nitrogen and oxygen atoms in total. The van der Waals surface area contributed by atoms with E-state index < -0.39 is 0 Å². The molecule has 1 aliphatic rings. The van der Waals surface area contributed by atoms with E-state index in [0.29, 0.717) is 48.5 Å². The van der Waals surface area contributed by atoms with Gasteiger partial charge in [-0.2, -0.15) is 4.98 Å². The van der Waals surface area contributed by atoms with Gasteiger partial charge in [-0.05, 0) is 42.5 Å². The number of nitrogens with zero attached hydrogens (tertiary/aromatic N) is 3. The van der Waals surface area contributed by atoms with Gasteiger partial charge in [0.2, 0.25) is 18.5 Å². The summed E-state index contributed by atoms with van der Waals surface area (Å²) in [4.78, 5) is 18.8. The summed E-state index contributed by atoms with van der Waals surface area (Å²) in [6, 6.07) is 12.3. The number of aromatic nitrogens is 2. The lowest BCUT2D eigenvalue weighted by molar-refractivity contribution is 0.0697. The van der Waals surface area contributed by atoms with Crippen molar-refractivity contribution in [1.82, 2.24) is 15.0 Å². The second-order valence-corrected chi connectivity index (χ2v) is 6.61. The van der Waals surface area contributed by atoms with E-state index in [0.717, 1.165) is 5.56 Å². The summed E-state index contributed by atoms with van der Waals surface area (Å²) in [6.45, 7) is 0.851. The number of fused-ring (bicyclic) bond motifs is 1. The van der Waals surface area contributed by atoms with Crippen molar-refractivity contribution in [3.8, 4) is 22.9 Å². The van der Waals surface area contributed by atoms with Crippen LogP contribution in [0.15, 0.2) is 68.3 Å². The average Bonchev–Trinajstić information content (AvgIpc) is 3.57. The molecule has 30 heavy (non-hydrogen) atoms. The van der Waals surface area contributed by atoms with Gasteiger partial charge in [-0.25, -0.2) is 0 Å². The number of amides is 1. The molecule has 3 aromatic heterocycles. The quantitative estimate of drug-likeness (QED) is 0.458. The van der Waals surface area contributed by atoms with Crippen molar-refractivity contribution in [1.29, 1.82) is 0 Å². The van der Waals surface area contributed by atoms with Crippen molar-refractivity contribution < 1.29 is 27.6 Å². The predicted octanol–water partition coefficient (Wildman–Crippen LogP) is 3.54. The van der Waals surface area contributed by atoms with Crippen LogP contribution in [0.3, 0.4) is 0 Å². The van der Waals surface area contributed by atoms with Crippen LogP contribution in [0.2, 0.25) is 0 Å². The standard InChI is InChI=1S/C21H17N3O6/c25-21(17-4-2-10-27-17)24(12-15-3-1-9-26-15)8-7-19-22-20(23-30-19)14-5-6-16-18(11-14)29-13-28-16/h1-6,9-11H,7-8,12-13H2. The fourth-order valence-electron chi connectivity index (χ4n) is 3.14. The third-order valence-electron chi connectivity index (χ3n) is 4.64. The Bertz CT molecular complexity index is 1130. The zero-order chi connectivity index (χ0) is 20.3. The zero-order valence-electron chi connectivity index (χ0n) is 15.8. The molecule has 0 spiro atoms. The largest absolute Gasteiger partial charge is 0.467 e. The van der Waals surface area contributed by atoms with Gasteiger partial charge in [-0.15, -0.1) is 0 Å². The molecule has 1 aromatic carbocycles. The molecule has 0 saturated heterocycles. The molecule has 0 atom stereocenters. The zero-order valence-corrected chi connectivity index (χ0v) is 15.8. The first-order valence-electron chi connectivity index (χ1n) is 9.34. The van der Waals surface area contributed by atoms with Crippen LogP contribution >= 0.6 is 0 Å². The van der Waals surface area contributed by atoms with Crippen molar-refractivity contribution in [2.75, 3.05) is 13.3 Å². The summed E-state index contributed by atoms with van der Waals surface area (Å²) in [5.41, 5.74) is 0.758. The smallest absolute Gasteiger partial charge is 0.289 e. The first-order chi connectivity index (χ1) is 14.8. The molecule has 0 N–H and O–H groups in total. The van der Waals surface area contributed by atoms with Gasteiger partial charge in [0.1, 0.15) is 5.76 Å². The first kappa shape index (κ1) is 18.0. The number of rotatable bonds is 7. The fraction of sp³-hybridized carbons (Fsp3) is 0.190. The lowest BCUT2D eigenvalue weighted by Crippen LogP contribution is -2.32. The Morgan fingerprint density at radius 1 is 1.03 bits per heavy atom. The molecule has 0 bridgehead atoms. The Hall–Kier alpha value is -4.01. The van der Waals surface area contributed by atoms with E-state index in [9.17, 15) is 4.79 Å². The second-order valence-electron chi connectivity index (χ2n) is 6.61. The molecule has 0 saturated carbocycles. The van der Waals surface area contributed by atoms with Crippen LogP contribution < -0.4 is 9.47 Å². The van der Waals surface area contributed by atoms with Crippen molar-refractivity contribution in [2.24, 2.45) is 0 Å². The number of benzene rings is 1. The minimum atomic E-state index is -0.244. The highest BCUT2D eigenvalue weighted by atomic mass is 16.7. The topological polar surface area (TPSA) is 104 Å². The minimum absolute atomic E-state index is 0.200. The van der Waals surface area contributed by atoms with E-state index in [1.165, 1.54) is 6.26 Å². The summed E-state index contributed by atoms with van der Waals surface area (Å²) in [5, 5.41) is 4.04. The Labute approximate surface area is 170 Å². The summed E-state index contributed by atoms with van der Waals surface area (Å²) in [5.74, 6) is 2.87. The molecule has 0 fully saturated rings. The van der Waals surface area contributed by atoms with E-state index >= 15 is 0 Å². The Kier molecular flexibility index (Phi) is 4.68. The Balaban J connectivity index is 1.30. The van der Waals surface area contributed by atoms with Gasteiger partial charge in [0.05, 0.1) is 19.1 Å². The van der Waals surface area contributed by atoms with Crippen LogP contribution in [0.5, 0.6) is 11.5 Å². The van der Waals surface area contributed by atoms with Gasteiger partial charge < -0.3 is 27.7 Å². The molecule has 0 unspecified atom stereocenters. The predicted molar refractivity (Wildman–Crippen MR) is 102 cm³/mol. The second kappa shape index (κ2) is 7.78. The number of furan rings is 2. The van der Waals surface area contributed by atoms with Crippen molar-refractivity contribution in [3.63, 3.8) is 0 Å². The Morgan fingerprint density at radius 3 is 2.73 bits per heavy atom. The first-order valence-corrected chi connectivity index (χ1v) is 9.34. The number of hydrogen-bond donors (Lipinski definition) is 0. The number of ether oxygens (including phenoxy) is 2. The number of hydrogen-bond acceptors (Lipinski definition) is 8. The summed E-state index contributed by atoms with van der Waals surface area (Å²) < 4.78 is 26.7. The molecule has 9 heteroatoms. The van der Waals surface area contributed by atoms with Gasteiger partial charge >= 0.3 is 0 Å². The van der Waals surface area contributed by atoms with E-state index in [4.69, 9.17) is 22.8 Å². The number of carbonyl (C=O) groups excluding carboxylic acids is 1. The normalized spacial score (nSPS) is 12.3. The molecule has 4 heterocycles. The molecule has 4 aromatic rings. The molecule has 0 radical (unpaired) electrons. The minimum Gasteiger partial charge on any atom is -0.467 e.